The molecule has 0 unspecified atom stereocenters. The van der Waals surface area contributed by atoms with Gasteiger partial charge in [-0.05, 0) is 30.5 Å². The Hall–Kier alpha value is -2.09. The predicted molar refractivity (Wildman–Crippen MR) is 75.8 cm³/mol. The molecule has 3 rings (SSSR count). The summed E-state index contributed by atoms with van der Waals surface area (Å²) in [7, 11) is 0. The van der Waals surface area contributed by atoms with Gasteiger partial charge >= 0.3 is 0 Å². The molecule has 0 aliphatic heterocycles. The lowest BCUT2D eigenvalue weighted by Gasteiger charge is -2.22. The molecule has 96 valence electrons. The van der Waals surface area contributed by atoms with Gasteiger partial charge in [0.2, 0.25) is 0 Å². The molecular formula is C17H17NO. The summed E-state index contributed by atoms with van der Waals surface area (Å²) in [6.45, 7) is 0.708. The van der Waals surface area contributed by atoms with Gasteiger partial charge in [0.05, 0.1) is 0 Å². The first kappa shape index (κ1) is 12.0. The fraction of sp³-hybridized carbons (Fsp3) is 0.235. The lowest BCUT2D eigenvalue weighted by Crippen LogP contribution is -2.32. The quantitative estimate of drug-likeness (QED) is 0.814. The molecule has 2 nitrogen and oxygen atoms in total. The van der Waals surface area contributed by atoms with E-state index >= 15 is 0 Å². The van der Waals surface area contributed by atoms with Gasteiger partial charge in [0.15, 0.2) is 0 Å². The van der Waals surface area contributed by atoms with Crippen LogP contribution in [0.15, 0.2) is 60.7 Å². The lowest BCUT2D eigenvalue weighted by molar-refractivity contribution is 0.0730. The van der Waals surface area contributed by atoms with Crippen molar-refractivity contribution in [2.24, 2.45) is 0 Å². The van der Waals surface area contributed by atoms with Crippen LogP contribution in [0.4, 0.5) is 0 Å². The Balaban J connectivity index is 1.80. The molecule has 0 radical (unpaired) electrons. The van der Waals surface area contributed by atoms with Gasteiger partial charge in [-0.25, -0.2) is 0 Å². The van der Waals surface area contributed by atoms with Gasteiger partial charge in [-0.3, -0.25) is 4.79 Å². The van der Waals surface area contributed by atoms with E-state index in [9.17, 15) is 4.79 Å². The monoisotopic (exact) mass is 251 g/mol. The van der Waals surface area contributed by atoms with E-state index in [1.807, 2.05) is 53.4 Å². The van der Waals surface area contributed by atoms with Crippen LogP contribution >= 0.6 is 0 Å². The number of hydrogen-bond acceptors (Lipinski definition) is 1. The first-order valence-corrected chi connectivity index (χ1v) is 6.74. The molecule has 2 aromatic rings. The number of hydrogen-bond donors (Lipinski definition) is 0. The summed E-state index contributed by atoms with van der Waals surface area (Å²) < 4.78 is 0. The Bertz CT molecular complexity index is 546. The molecule has 2 heteroatoms. The molecule has 19 heavy (non-hydrogen) atoms. The van der Waals surface area contributed by atoms with Crippen LogP contribution in [0.3, 0.4) is 0 Å². The fourth-order valence-electron chi connectivity index (χ4n) is 2.28. The summed E-state index contributed by atoms with van der Waals surface area (Å²) in [4.78, 5) is 14.6. The Labute approximate surface area is 113 Å². The van der Waals surface area contributed by atoms with Gasteiger partial charge in [-0.2, -0.15) is 0 Å². The van der Waals surface area contributed by atoms with Gasteiger partial charge < -0.3 is 4.90 Å². The summed E-state index contributed by atoms with van der Waals surface area (Å²) >= 11 is 0. The molecule has 1 amide bonds. The predicted octanol–water partition coefficient (Wildman–Crippen LogP) is 3.49. The second-order valence-electron chi connectivity index (χ2n) is 5.02. The third-order valence-electron chi connectivity index (χ3n) is 3.46. The summed E-state index contributed by atoms with van der Waals surface area (Å²) in [6, 6.07) is 20.2. The number of rotatable bonds is 4. The SMILES string of the molecule is O=C(c1ccccc1)N(Cc1ccccc1)C1CC1. The second-order valence-corrected chi connectivity index (χ2v) is 5.02. The maximum atomic E-state index is 12.6. The molecule has 2 aromatic carbocycles. The first-order chi connectivity index (χ1) is 9.34. The van der Waals surface area contributed by atoms with E-state index in [1.165, 1.54) is 5.56 Å². The summed E-state index contributed by atoms with van der Waals surface area (Å²) in [5, 5.41) is 0. The molecule has 1 aliphatic carbocycles. The van der Waals surface area contributed by atoms with E-state index in [1.54, 1.807) is 0 Å². The van der Waals surface area contributed by atoms with Crippen LogP contribution in [0.2, 0.25) is 0 Å². The Morgan fingerprint density at radius 3 is 2.11 bits per heavy atom. The minimum absolute atomic E-state index is 0.145. The lowest BCUT2D eigenvalue weighted by atomic mass is 10.1. The number of amides is 1. The van der Waals surface area contributed by atoms with E-state index < -0.39 is 0 Å². The maximum Gasteiger partial charge on any atom is 0.254 e. The van der Waals surface area contributed by atoms with Gasteiger partial charge in [-0.15, -0.1) is 0 Å². The molecule has 0 N–H and O–H groups in total. The molecule has 0 saturated heterocycles. The zero-order valence-electron chi connectivity index (χ0n) is 10.8. The highest BCUT2D eigenvalue weighted by Gasteiger charge is 2.32. The number of nitrogens with zero attached hydrogens (tertiary/aromatic N) is 1. The highest BCUT2D eigenvalue weighted by atomic mass is 16.2. The highest BCUT2D eigenvalue weighted by molar-refractivity contribution is 5.94. The van der Waals surface area contributed by atoms with Gasteiger partial charge in [0.1, 0.15) is 0 Å². The topological polar surface area (TPSA) is 20.3 Å². The van der Waals surface area contributed by atoms with Crippen molar-refractivity contribution in [2.75, 3.05) is 0 Å². The minimum Gasteiger partial charge on any atom is -0.331 e. The first-order valence-electron chi connectivity index (χ1n) is 6.74. The van der Waals surface area contributed by atoms with E-state index in [-0.39, 0.29) is 5.91 Å². The van der Waals surface area contributed by atoms with Crippen molar-refractivity contribution in [3.8, 4) is 0 Å². The molecule has 0 spiro atoms. The average molecular weight is 251 g/mol. The molecule has 1 fully saturated rings. The Morgan fingerprint density at radius 2 is 1.53 bits per heavy atom. The van der Waals surface area contributed by atoms with Crippen molar-refractivity contribution >= 4 is 5.91 Å². The van der Waals surface area contributed by atoms with Crippen molar-refractivity contribution in [1.82, 2.24) is 4.90 Å². The molecular weight excluding hydrogens is 234 g/mol. The highest BCUT2D eigenvalue weighted by Crippen LogP contribution is 2.29. The van der Waals surface area contributed by atoms with E-state index in [0.717, 1.165) is 18.4 Å². The Morgan fingerprint density at radius 1 is 0.947 bits per heavy atom. The number of benzene rings is 2. The largest absolute Gasteiger partial charge is 0.331 e. The smallest absolute Gasteiger partial charge is 0.254 e. The molecule has 0 heterocycles. The van der Waals surface area contributed by atoms with Crippen molar-refractivity contribution in [1.29, 1.82) is 0 Å². The number of carbonyl (C=O) groups is 1. The van der Waals surface area contributed by atoms with Gasteiger partial charge in [0, 0.05) is 18.2 Å². The van der Waals surface area contributed by atoms with Crippen LogP contribution in [0.25, 0.3) is 0 Å². The van der Waals surface area contributed by atoms with Crippen LogP contribution in [0.5, 0.6) is 0 Å². The summed E-state index contributed by atoms with van der Waals surface area (Å²) in [5.74, 6) is 0.145. The van der Waals surface area contributed by atoms with Crippen LogP contribution in [0, 0.1) is 0 Å². The zero-order valence-corrected chi connectivity index (χ0v) is 10.8. The van der Waals surface area contributed by atoms with Crippen molar-refractivity contribution in [3.05, 3.63) is 71.8 Å². The van der Waals surface area contributed by atoms with E-state index in [4.69, 9.17) is 0 Å². The second kappa shape index (κ2) is 5.27. The van der Waals surface area contributed by atoms with Gasteiger partial charge in [-0.1, -0.05) is 48.5 Å². The Kier molecular flexibility index (Phi) is 3.32. The molecule has 0 aromatic heterocycles. The molecule has 1 aliphatic rings. The summed E-state index contributed by atoms with van der Waals surface area (Å²) in [5.41, 5.74) is 1.98. The minimum atomic E-state index is 0.145. The van der Waals surface area contributed by atoms with Crippen molar-refractivity contribution in [3.63, 3.8) is 0 Å². The van der Waals surface area contributed by atoms with Crippen LogP contribution in [-0.2, 0) is 6.54 Å². The summed E-state index contributed by atoms with van der Waals surface area (Å²) in [6.07, 6.45) is 2.26. The van der Waals surface area contributed by atoms with Crippen LogP contribution < -0.4 is 0 Å². The van der Waals surface area contributed by atoms with E-state index in [2.05, 4.69) is 12.1 Å². The number of carbonyl (C=O) groups excluding carboxylic acids is 1. The third-order valence-corrected chi connectivity index (χ3v) is 3.46. The molecule has 0 bridgehead atoms. The van der Waals surface area contributed by atoms with Crippen LogP contribution in [-0.4, -0.2) is 16.8 Å². The van der Waals surface area contributed by atoms with E-state index in [0.29, 0.717) is 12.6 Å². The maximum absolute atomic E-state index is 12.6. The van der Waals surface area contributed by atoms with Crippen LogP contribution in [0.1, 0.15) is 28.8 Å². The molecule has 1 saturated carbocycles. The average Bonchev–Trinajstić information content (AvgIpc) is 3.31. The standard InChI is InChI=1S/C17H17NO/c19-17(15-9-5-2-6-10-15)18(16-11-12-16)13-14-7-3-1-4-8-14/h1-10,16H,11-13H2. The van der Waals surface area contributed by atoms with Crippen molar-refractivity contribution in [2.45, 2.75) is 25.4 Å². The van der Waals surface area contributed by atoms with Gasteiger partial charge in [0.25, 0.3) is 5.91 Å². The third kappa shape index (κ3) is 2.84. The fourth-order valence-corrected chi connectivity index (χ4v) is 2.28. The normalized spacial score (nSPS) is 14.1. The zero-order chi connectivity index (χ0) is 13.1. The van der Waals surface area contributed by atoms with Crippen molar-refractivity contribution < 1.29 is 4.79 Å². The molecule has 0 atom stereocenters.